The Hall–Kier alpha value is -1.44. The van der Waals surface area contributed by atoms with Crippen LogP contribution in [-0.2, 0) is 6.54 Å². The molecule has 16 heavy (non-hydrogen) atoms. The van der Waals surface area contributed by atoms with E-state index in [1.807, 2.05) is 6.07 Å². The number of hydrogen-bond acceptors (Lipinski definition) is 3. The second-order valence-electron chi connectivity index (χ2n) is 3.95. The Labute approximate surface area is 94.5 Å². The van der Waals surface area contributed by atoms with Gasteiger partial charge in [0.2, 0.25) is 0 Å². The zero-order valence-corrected chi connectivity index (χ0v) is 8.99. The van der Waals surface area contributed by atoms with Crippen molar-refractivity contribution in [3.05, 3.63) is 35.6 Å². The van der Waals surface area contributed by atoms with E-state index in [9.17, 15) is 4.39 Å². The molecule has 0 saturated carbocycles. The van der Waals surface area contributed by atoms with Crippen molar-refractivity contribution >= 4 is 0 Å². The van der Waals surface area contributed by atoms with Crippen LogP contribution in [0.5, 0.6) is 0 Å². The van der Waals surface area contributed by atoms with Crippen molar-refractivity contribution in [1.29, 1.82) is 5.26 Å². The molecule has 1 unspecified atom stereocenters. The second kappa shape index (κ2) is 5.06. The monoisotopic (exact) mass is 219 g/mol. The molecule has 1 N–H and O–H groups in total. The predicted octanol–water partition coefficient (Wildman–Crippen LogP) is 1.12. The Morgan fingerprint density at radius 1 is 1.56 bits per heavy atom. The molecule has 0 spiro atoms. The van der Waals surface area contributed by atoms with E-state index in [1.165, 1.54) is 12.1 Å². The molecule has 2 rings (SSSR count). The van der Waals surface area contributed by atoms with Gasteiger partial charge in [0.15, 0.2) is 0 Å². The van der Waals surface area contributed by atoms with Crippen LogP contribution >= 0.6 is 0 Å². The first-order valence-corrected chi connectivity index (χ1v) is 5.38. The molecule has 1 aliphatic heterocycles. The van der Waals surface area contributed by atoms with Gasteiger partial charge in [-0.2, -0.15) is 5.26 Å². The highest BCUT2D eigenvalue weighted by atomic mass is 19.1. The number of halogens is 1. The molecule has 1 heterocycles. The Morgan fingerprint density at radius 2 is 2.44 bits per heavy atom. The second-order valence-corrected chi connectivity index (χ2v) is 3.95. The van der Waals surface area contributed by atoms with Crippen LogP contribution in [0.15, 0.2) is 24.3 Å². The quantitative estimate of drug-likeness (QED) is 0.810. The Kier molecular flexibility index (Phi) is 3.50. The lowest BCUT2D eigenvalue weighted by Gasteiger charge is -2.31. The van der Waals surface area contributed by atoms with Crippen molar-refractivity contribution in [3.8, 4) is 6.07 Å². The summed E-state index contributed by atoms with van der Waals surface area (Å²) in [6.07, 6.45) is 0. The molecule has 1 aliphatic rings. The fourth-order valence-electron chi connectivity index (χ4n) is 1.93. The zero-order chi connectivity index (χ0) is 11.4. The fourth-order valence-corrected chi connectivity index (χ4v) is 1.93. The van der Waals surface area contributed by atoms with Crippen molar-refractivity contribution in [2.24, 2.45) is 0 Å². The van der Waals surface area contributed by atoms with Gasteiger partial charge in [0.1, 0.15) is 11.9 Å². The van der Waals surface area contributed by atoms with E-state index >= 15 is 0 Å². The normalized spacial score (nSPS) is 21.6. The summed E-state index contributed by atoms with van der Waals surface area (Å²) < 4.78 is 13.0. The average Bonchev–Trinajstić information content (AvgIpc) is 2.30. The van der Waals surface area contributed by atoms with Gasteiger partial charge < -0.3 is 5.32 Å². The molecule has 1 atom stereocenters. The minimum absolute atomic E-state index is 0.114. The van der Waals surface area contributed by atoms with Gasteiger partial charge in [0.25, 0.3) is 0 Å². The Bertz CT molecular complexity index is 399. The lowest BCUT2D eigenvalue weighted by atomic mass is 10.1. The van der Waals surface area contributed by atoms with E-state index in [1.54, 1.807) is 6.07 Å². The maximum Gasteiger partial charge on any atom is 0.123 e. The zero-order valence-electron chi connectivity index (χ0n) is 8.99. The number of benzene rings is 1. The first kappa shape index (κ1) is 11.1. The van der Waals surface area contributed by atoms with Crippen LogP contribution in [0.3, 0.4) is 0 Å². The summed E-state index contributed by atoms with van der Waals surface area (Å²) >= 11 is 0. The molecule has 1 saturated heterocycles. The van der Waals surface area contributed by atoms with Gasteiger partial charge in [-0.15, -0.1) is 0 Å². The van der Waals surface area contributed by atoms with Gasteiger partial charge in [-0.25, -0.2) is 4.39 Å². The molecule has 0 radical (unpaired) electrons. The molecule has 1 aromatic carbocycles. The standard InChI is InChI=1S/C12H14FN3/c13-11-3-1-2-10(6-11)9-16-5-4-15-8-12(16)7-14/h1-3,6,12,15H,4-5,8-9H2. The van der Waals surface area contributed by atoms with Gasteiger partial charge in [-0.05, 0) is 17.7 Å². The topological polar surface area (TPSA) is 39.1 Å². The van der Waals surface area contributed by atoms with Gasteiger partial charge in [0, 0.05) is 26.2 Å². The Balaban J connectivity index is 2.05. The number of nitriles is 1. The minimum atomic E-state index is -0.221. The van der Waals surface area contributed by atoms with E-state index in [4.69, 9.17) is 5.26 Å². The molecule has 3 nitrogen and oxygen atoms in total. The Morgan fingerprint density at radius 3 is 3.19 bits per heavy atom. The first-order chi connectivity index (χ1) is 7.79. The summed E-state index contributed by atoms with van der Waals surface area (Å²) in [5, 5.41) is 12.2. The smallest absolute Gasteiger partial charge is 0.123 e. The van der Waals surface area contributed by atoms with Gasteiger partial charge in [0.05, 0.1) is 6.07 Å². The van der Waals surface area contributed by atoms with E-state index < -0.39 is 0 Å². The summed E-state index contributed by atoms with van der Waals surface area (Å²) in [7, 11) is 0. The van der Waals surface area contributed by atoms with E-state index in [2.05, 4.69) is 16.3 Å². The van der Waals surface area contributed by atoms with Crippen LogP contribution in [0.25, 0.3) is 0 Å². The van der Waals surface area contributed by atoms with Crippen LogP contribution in [0, 0.1) is 17.1 Å². The van der Waals surface area contributed by atoms with Gasteiger partial charge in [-0.3, -0.25) is 4.90 Å². The largest absolute Gasteiger partial charge is 0.313 e. The number of nitrogens with zero attached hydrogens (tertiary/aromatic N) is 2. The summed E-state index contributed by atoms with van der Waals surface area (Å²) in [5.74, 6) is -0.221. The van der Waals surface area contributed by atoms with Crippen LogP contribution in [0.2, 0.25) is 0 Å². The fraction of sp³-hybridized carbons (Fsp3) is 0.417. The van der Waals surface area contributed by atoms with Crippen LogP contribution in [0.4, 0.5) is 4.39 Å². The van der Waals surface area contributed by atoms with E-state index in [0.717, 1.165) is 18.7 Å². The number of piperazine rings is 1. The third-order valence-corrected chi connectivity index (χ3v) is 2.78. The van der Waals surface area contributed by atoms with Crippen molar-refractivity contribution in [3.63, 3.8) is 0 Å². The molecule has 84 valence electrons. The summed E-state index contributed by atoms with van der Waals surface area (Å²) in [6.45, 7) is 3.03. The summed E-state index contributed by atoms with van der Waals surface area (Å²) in [5.41, 5.74) is 0.919. The number of rotatable bonds is 2. The van der Waals surface area contributed by atoms with Crippen LogP contribution in [0.1, 0.15) is 5.56 Å². The lowest BCUT2D eigenvalue weighted by molar-refractivity contribution is 0.189. The maximum atomic E-state index is 13.0. The predicted molar refractivity (Wildman–Crippen MR) is 59.1 cm³/mol. The van der Waals surface area contributed by atoms with Crippen molar-refractivity contribution in [2.75, 3.05) is 19.6 Å². The van der Waals surface area contributed by atoms with Crippen molar-refractivity contribution in [2.45, 2.75) is 12.6 Å². The highest BCUT2D eigenvalue weighted by molar-refractivity contribution is 5.17. The van der Waals surface area contributed by atoms with E-state index in [-0.39, 0.29) is 11.9 Å². The maximum absolute atomic E-state index is 13.0. The minimum Gasteiger partial charge on any atom is -0.313 e. The molecule has 1 fully saturated rings. The molecule has 0 aliphatic carbocycles. The molecule has 0 aromatic heterocycles. The molecule has 0 amide bonds. The molecule has 1 aromatic rings. The number of hydrogen-bond donors (Lipinski definition) is 1. The molecular formula is C12H14FN3. The van der Waals surface area contributed by atoms with Crippen LogP contribution < -0.4 is 5.32 Å². The third kappa shape index (κ3) is 2.57. The SMILES string of the molecule is N#CC1CNCCN1Cc1cccc(F)c1. The first-order valence-electron chi connectivity index (χ1n) is 5.38. The van der Waals surface area contributed by atoms with Crippen LogP contribution in [-0.4, -0.2) is 30.6 Å². The van der Waals surface area contributed by atoms with Gasteiger partial charge >= 0.3 is 0 Å². The summed E-state index contributed by atoms with van der Waals surface area (Å²) in [4.78, 5) is 2.07. The highest BCUT2D eigenvalue weighted by Gasteiger charge is 2.21. The van der Waals surface area contributed by atoms with E-state index in [0.29, 0.717) is 13.1 Å². The van der Waals surface area contributed by atoms with Crippen molar-refractivity contribution < 1.29 is 4.39 Å². The number of nitrogens with one attached hydrogen (secondary N) is 1. The molecular weight excluding hydrogens is 205 g/mol. The van der Waals surface area contributed by atoms with Crippen molar-refractivity contribution in [1.82, 2.24) is 10.2 Å². The molecule has 0 bridgehead atoms. The molecule has 4 heteroatoms. The van der Waals surface area contributed by atoms with Gasteiger partial charge in [-0.1, -0.05) is 12.1 Å². The summed E-state index contributed by atoms with van der Waals surface area (Å²) in [6, 6.07) is 8.69. The lowest BCUT2D eigenvalue weighted by Crippen LogP contribution is -2.49. The highest BCUT2D eigenvalue weighted by Crippen LogP contribution is 2.11. The average molecular weight is 219 g/mol. The third-order valence-electron chi connectivity index (χ3n) is 2.78.